The number of halogens is 2. The molecule has 4 nitrogen and oxygen atoms in total. The summed E-state index contributed by atoms with van der Waals surface area (Å²) in [4.78, 5) is 32.6. The first-order chi connectivity index (χ1) is 6.95. The molecule has 0 fully saturated rings. The van der Waals surface area contributed by atoms with E-state index in [1.54, 1.807) is 0 Å². The van der Waals surface area contributed by atoms with Crippen LogP contribution >= 0.6 is 23.2 Å². The first-order valence-corrected chi connectivity index (χ1v) is 4.46. The summed E-state index contributed by atoms with van der Waals surface area (Å²) in [5.74, 6) is -1.35. The predicted octanol–water partition coefficient (Wildman–Crippen LogP) is 2.14. The summed E-state index contributed by atoms with van der Waals surface area (Å²) in [6.07, 6.45) is 0. The fraction of sp³-hybridized carbons (Fsp3) is 0. The Labute approximate surface area is 94.4 Å². The molecule has 0 aliphatic rings. The maximum atomic E-state index is 11.0. The highest BCUT2D eigenvalue weighted by Gasteiger charge is 2.21. The molecular weight excluding hydrogens is 243 g/mol. The molecular formula is C9H4Cl2O4. The SMILES string of the molecule is O=C(O)c1cccc(C(=O)Cl)c1C(=O)Cl. The Morgan fingerprint density at radius 3 is 1.93 bits per heavy atom. The molecule has 1 aromatic rings. The summed E-state index contributed by atoms with van der Waals surface area (Å²) in [7, 11) is 0. The highest BCUT2D eigenvalue weighted by atomic mass is 35.5. The number of hydrogen-bond donors (Lipinski definition) is 1. The van der Waals surface area contributed by atoms with Gasteiger partial charge in [-0.3, -0.25) is 9.59 Å². The molecule has 0 radical (unpaired) electrons. The van der Waals surface area contributed by atoms with Crippen molar-refractivity contribution < 1.29 is 19.5 Å². The molecule has 0 bridgehead atoms. The van der Waals surface area contributed by atoms with Crippen molar-refractivity contribution in [2.45, 2.75) is 0 Å². The van der Waals surface area contributed by atoms with Crippen molar-refractivity contribution in [2.75, 3.05) is 0 Å². The normalized spacial score (nSPS) is 9.73. The van der Waals surface area contributed by atoms with Crippen molar-refractivity contribution in [3.8, 4) is 0 Å². The first-order valence-electron chi connectivity index (χ1n) is 3.71. The molecule has 6 heteroatoms. The van der Waals surface area contributed by atoms with Crippen molar-refractivity contribution in [1.29, 1.82) is 0 Å². The van der Waals surface area contributed by atoms with Gasteiger partial charge in [0.05, 0.1) is 11.1 Å². The Kier molecular flexibility index (Phi) is 3.44. The van der Waals surface area contributed by atoms with Gasteiger partial charge in [-0.15, -0.1) is 0 Å². The Morgan fingerprint density at radius 1 is 1.00 bits per heavy atom. The van der Waals surface area contributed by atoms with Gasteiger partial charge >= 0.3 is 5.97 Å². The summed E-state index contributed by atoms with van der Waals surface area (Å²) in [5.41, 5.74) is -0.940. The molecule has 1 N–H and O–H groups in total. The van der Waals surface area contributed by atoms with Crippen LogP contribution in [0.15, 0.2) is 18.2 Å². The van der Waals surface area contributed by atoms with E-state index in [0.717, 1.165) is 0 Å². The summed E-state index contributed by atoms with van der Waals surface area (Å²) < 4.78 is 0. The molecule has 0 spiro atoms. The van der Waals surface area contributed by atoms with Gasteiger partial charge in [0.1, 0.15) is 0 Å². The molecule has 0 saturated heterocycles. The van der Waals surface area contributed by atoms with Crippen LogP contribution in [0.3, 0.4) is 0 Å². The maximum absolute atomic E-state index is 11.0. The number of carboxylic acid groups (broad SMARTS) is 1. The second-order valence-electron chi connectivity index (χ2n) is 2.58. The second kappa shape index (κ2) is 4.42. The van der Waals surface area contributed by atoms with E-state index in [0.29, 0.717) is 0 Å². The van der Waals surface area contributed by atoms with E-state index in [1.807, 2.05) is 0 Å². The summed E-state index contributed by atoms with van der Waals surface area (Å²) in [6.45, 7) is 0. The average Bonchev–Trinajstić information content (AvgIpc) is 2.16. The highest BCUT2D eigenvalue weighted by molar-refractivity contribution is 6.72. The number of aromatic carboxylic acids is 1. The average molecular weight is 247 g/mol. The van der Waals surface area contributed by atoms with Gasteiger partial charge in [0.15, 0.2) is 0 Å². The minimum atomic E-state index is -1.35. The maximum Gasteiger partial charge on any atom is 0.336 e. The second-order valence-corrected chi connectivity index (χ2v) is 3.27. The van der Waals surface area contributed by atoms with Gasteiger partial charge in [-0.25, -0.2) is 4.79 Å². The molecule has 0 saturated carbocycles. The lowest BCUT2D eigenvalue weighted by molar-refractivity contribution is 0.0693. The van der Waals surface area contributed by atoms with Crippen LogP contribution in [0.25, 0.3) is 0 Å². The number of benzene rings is 1. The Bertz CT molecular complexity index is 421. The van der Waals surface area contributed by atoms with Gasteiger partial charge in [-0.1, -0.05) is 6.07 Å². The van der Waals surface area contributed by atoms with E-state index in [9.17, 15) is 14.4 Å². The first kappa shape index (κ1) is 11.7. The summed E-state index contributed by atoms with van der Waals surface area (Å²) in [6, 6.07) is 3.71. The van der Waals surface area contributed by atoms with E-state index < -0.39 is 16.5 Å². The summed E-state index contributed by atoms with van der Waals surface area (Å²) in [5, 5.41) is 6.80. The molecule has 0 atom stereocenters. The Morgan fingerprint density at radius 2 is 1.53 bits per heavy atom. The lowest BCUT2D eigenvalue weighted by Crippen LogP contribution is -2.09. The zero-order valence-corrected chi connectivity index (χ0v) is 8.67. The van der Waals surface area contributed by atoms with Gasteiger partial charge in [-0.05, 0) is 35.3 Å². The monoisotopic (exact) mass is 246 g/mol. The van der Waals surface area contributed by atoms with Crippen LogP contribution in [0.1, 0.15) is 31.1 Å². The quantitative estimate of drug-likeness (QED) is 0.830. The topological polar surface area (TPSA) is 71.4 Å². The van der Waals surface area contributed by atoms with E-state index >= 15 is 0 Å². The standard InChI is InChI=1S/C9H4Cl2O4/c10-7(12)4-2-1-3-5(9(14)15)6(4)8(11)13/h1-3H,(H,14,15). The minimum Gasteiger partial charge on any atom is -0.478 e. The highest BCUT2D eigenvalue weighted by Crippen LogP contribution is 2.19. The lowest BCUT2D eigenvalue weighted by Gasteiger charge is -2.04. The van der Waals surface area contributed by atoms with Crippen molar-refractivity contribution in [3.05, 3.63) is 34.9 Å². The number of carbonyl (C=O) groups excluding carboxylic acids is 2. The van der Waals surface area contributed by atoms with Crippen molar-refractivity contribution >= 4 is 39.7 Å². The minimum absolute atomic E-state index is 0.212. The van der Waals surface area contributed by atoms with Crippen LogP contribution in [0, 0.1) is 0 Å². The molecule has 0 amide bonds. The van der Waals surface area contributed by atoms with E-state index in [2.05, 4.69) is 0 Å². The van der Waals surface area contributed by atoms with Crippen LogP contribution in [-0.2, 0) is 0 Å². The molecule has 0 aliphatic carbocycles. The Balaban J connectivity index is 3.56. The van der Waals surface area contributed by atoms with Gasteiger partial charge in [0.2, 0.25) is 0 Å². The van der Waals surface area contributed by atoms with Gasteiger partial charge in [0, 0.05) is 5.56 Å². The summed E-state index contributed by atoms with van der Waals surface area (Å²) >= 11 is 10.4. The molecule has 1 aromatic carbocycles. The van der Waals surface area contributed by atoms with Crippen LogP contribution in [-0.4, -0.2) is 21.6 Å². The fourth-order valence-electron chi connectivity index (χ4n) is 1.11. The van der Waals surface area contributed by atoms with Crippen LogP contribution in [0.4, 0.5) is 0 Å². The number of hydrogen-bond acceptors (Lipinski definition) is 3. The van der Waals surface area contributed by atoms with Gasteiger partial charge in [0.25, 0.3) is 10.5 Å². The third-order valence-electron chi connectivity index (χ3n) is 1.70. The van der Waals surface area contributed by atoms with Gasteiger partial charge in [-0.2, -0.15) is 0 Å². The van der Waals surface area contributed by atoms with E-state index in [4.69, 9.17) is 28.3 Å². The zero-order valence-electron chi connectivity index (χ0n) is 7.16. The van der Waals surface area contributed by atoms with Crippen LogP contribution < -0.4 is 0 Å². The molecule has 0 aromatic heterocycles. The molecule has 78 valence electrons. The van der Waals surface area contributed by atoms with Crippen molar-refractivity contribution in [1.82, 2.24) is 0 Å². The lowest BCUT2D eigenvalue weighted by atomic mass is 10.0. The molecule has 15 heavy (non-hydrogen) atoms. The number of carbonyl (C=O) groups is 3. The Hall–Kier alpha value is -1.39. The third kappa shape index (κ3) is 2.34. The van der Waals surface area contributed by atoms with E-state index in [1.165, 1.54) is 18.2 Å². The smallest absolute Gasteiger partial charge is 0.336 e. The van der Waals surface area contributed by atoms with Crippen LogP contribution in [0.5, 0.6) is 0 Å². The molecule has 1 rings (SSSR count). The largest absolute Gasteiger partial charge is 0.478 e. The fourth-order valence-corrected chi connectivity index (χ4v) is 1.47. The van der Waals surface area contributed by atoms with Crippen LogP contribution in [0.2, 0.25) is 0 Å². The number of rotatable bonds is 3. The third-order valence-corrected chi connectivity index (χ3v) is 2.10. The predicted molar refractivity (Wildman–Crippen MR) is 53.8 cm³/mol. The molecule has 0 heterocycles. The molecule has 0 unspecified atom stereocenters. The van der Waals surface area contributed by atoms with Crippen molar-refractivity contribution in [2.24, 2.45) is 0 Å². The van der Waals surface area contributed by atoms with Crippen molar-refractivity contribution in [3.63, 3.8) is 0 Å². The zero-order chi connectivity index (χ0) is 11.6. The van der Waals surface area contributed by atoms with E-state index in [-0.39, 0.29) is 16.7 Å². The molecule has 0 aliphatic heterocycles. The number of carboxylic acids is 1. The van der Waals surface area contributed by atoms with Gasteiger partial charge < -0.3 is 5.11 Å².